The highest BCUT2D eigenvalue weighted by Gasteiger charge is 2.28. The molecule has 7 heteroatoms. The topological polar surface area (TPSA) is 76.8 Å². The van der Waals surface area contributed by atoms with Gasteiger partial charge in [-0.05, 0) is 12.5 Å². The lowest BCUT2D eigenvalue weighted by atomic mass is 10.2. The number of carbonyl (C=O) groups is 1. The van der Waals surface area contributed by atoms with E-state index in [1.54, 1.807) is 0 Å². The van der Waals surface area contributed by atoms with E-state index in [2.05, 4.69) is 4.74 Å². The number of rotatable bonds is 5. The fourth-order valence-electron chi connectivity index (χ4n) is 1.97. The normalized spacial score (nSPS) is 11.6. The first kappa shape index (κ1) is 16.3. The number of methoxy groups -OCH3 is 1. The molecule has 118 valence electrons. The number of ether oxygens (including phenoxy) is 1. The van der Waals surface area contributed by atoms with Crippen molar-refractivity contribution in [1.82, 2.24) is 4.31 Å². The molecule has 0 aliphatic heterocycles. The van der Waals surface area contributed by atoms with E-state index >= 15 is 0 Å². The summed E-state index contributed by atoms with van der Waals surface area (Å²) in [5.41, 5.74) is 0.958. The summed E-state index contributed by atoms with van der Waals surface area (Å²) in [7, 11) is -1.14. The van der Waals surface area contributed by atoms with Gasteiger partial charge in [0.1, 0.15) is 11.3 Å². The first-order valence-electron chi connectivity index (χ1n) is 6.55. The fraction of sp³-hybridized carbons (Fsp3) is 0.267. The van der Waals surface area contributed by atoms with Gasteiger partial charge in [0.2, 0.25) is 5.09 Å². The van der Waals surface area contributed by atoms with Gasteiger partial charge >= 0.3 is 5.97 Å². The van der Waals surface area contributed by atoms with Gasteiger partial charge in [-0.15, -0.1) is 0 Å². The van der Waals surface area contributed by atoms with Gasteiger partial charge in [0, 0.05) is 19.7 Å². The molecule has 0 saturated heterocycles. The smallest absolute Gasteiger partial charge is 0.341 e. The van der Waals surface area contributed by atoms with Crippen molar-refractivity contribution in [3.63, 3.8) is 0 Å². The lowest BCUT2D eigenvalue weighted by Crippen LogP contribution is -2.26. The minimum atomic E-state index is -3.82. The van der Waals surface area contributed by atoms with Crippen molar-refractivity contribution < 1.29 is 22.4 Å². The maximum Gasteiger partial charge on any atom is 0.341 e. The molecule has 2 aromatic rings. The molecule has 0 aliphatic rings. The highest BCUT2D eigenvalue weighted by atomic mass is 32.2. The summed E-state index contributed by atoms with van der Waals surface area (Å²) >= 11 is 0. The van der Waals surface area contributed by atoms with Crippen LogP contribution in [0, 0.1) is 6.92 Å². The molecule has 1 heterocycles. The molecule has 0 fully saturated rings. The molecule has 1 aromatic carbocycles. The number of esters is 1. The van der Waals surface area contributed by atoms with E-state index in [4.69, 9.17) is 4.42 Å². The van der Waals surface area contributed by atoms with Crippen LogP contribution in [0.3, 0.4) is 0 Å². The molecule has 0 saturated carbocycles. The second kappa shape index (κ2) is 6.33. The average molecular weight is 323 g/mol. The van der Waals surface area contributed by atoms with Crippen LogP contribution >= 0.6 is 0 Å². The van der Waals surface area contributed by atoms with Gasteiger partial charge in [0.15, 0.2) is 0 Å². The summed E-state index contributed by atoms with van der Waals surface area (Å²) in [6.07, 6.45) is 0. The monoisotopic (exact) mass is 323 g/mol. The first-order chi connectivity index (χ1) is 10.4. The number of hydrogen-bond acceptors (Lipinski definition) is 5. The summed E-state index contributed by atoms with van der Waals surface area (Å²) in [6, 6.07) is 10.4. The van der Waals surface area contributed by atoms with Crippen LogP contribution in [0.2, 0.25) is 0 Å². The molecule has 0 amide bonds. The summed E-state index contributed by atoms with van der Waals surface area (Å²) in [5.74, 6) is -0.424. The third-order valence-corrected chi connectivity index (χ3v) is 4.87. The van der Waals surface area contributed by atoms with E-state index < -0.39 is 16.0 Å². The lowest BCUT2D eigenvalue weighted by Gasteiger charge is -2.15. The number of sulfonamides is 1. The third-order valence-electron chi connectivity index (χ3n) is 3.21. The number of benzene rings is 1. The number of furan rings is 1. The van der Waals surface area contributed by atoms with Crippen molar-refractivity contribution in [2.75, 3.05) is 14.2 Å². The predicted octanol–water partition coefficient (Wildman–Crippen LogP) is 2.20. The SMILES string of the molecule is COC(=O)c1cc(S(=O)(=O)N(C)Cc2ccccc2)oc1C. The Morgan fingerprint density at radius 2 is 1.91 bits per heavy atom. The van der Waals surface area contributed by atoms with Crippen LogP contribution in [0.15, 0.2) is 45.9 Å². The number of carbonyl (C=O) groups excluding carboxylic acids is 1. The lowest BCUT2D eigenvalue weighted by molar-refractivity contribution is 0.0599. The van der Waals surface area contributed by atoms with Crippen molar-refractivity contribution in [1.29, 1.82) is 0 Å². The molecule has 0 aliphatic carbocycles. The third kappa shape index (κ3) is 3.20. The molecule has 0 atom stereocenters. The van der Waals surface area contributed by atoms with Crippen LogP contribution < -0.4 is 0 Å². The molecule has 6 nitrogen and oxygen atoms in total. The van der Waals surface area contributed by atoms with Crippen LogP contribution in [-0.4, -0.2) is 32.8 Å². The molecular formula is C15H17NO5S. The molecule has 0 N–H and O–H groups in total. The second-order valence-electron chi connectivity index (χ2n) is 4.77. The van der Waals surface area contributed by atoms with Crippen LogP contribution in [0.25, 0.3) is 0 Å². The fourth-order valence-corrected chi connectivity index (χ4v) is 3.10. The van der Waals surface area contributed by atoms with Gasteiger partial charge in [-0.2, -0.15) is 4.31 Å². The van der Waals surface area contributed by atoms with Crippen molar-refractivity contribution in [3.05, 3.63) is 53.3 Å². The molecular weight excluding hydrogens is 306 g/mol. The molecule has 22 heavy (non-hydrogen) atoms. The van der Waals surface area contributed by atoms with Crippen molar-refractivity contribution in [2.45, 2.75) is 18.6 Å². The number of hydrogen-bond donors (Lipinski definition) is 0. The Balaban J connectivity index is 2.28. The van der Waals surface area contributed by atoms with E-state index in [1.807, 2.05) is 30.3 Å². The zero-order valence-corrected chi connectivity index (χ0v) is 13.4. The maximum absolute atomic E-state index is 12.5. The standard InChI is InChI=1S/C15H17NO5S/c1-11-13(15(17)20-3)9-14(21-11)22(18,19)16(2)10-12-7-5-4-6-8-12/h4-9H,10H2,1-3H3. The van der Waals surface area contributed by atoms with Gasteiger partial charge in [0.25, 0.3) is 10.0 Å². The number of aryl methyl sites for hydroxylation is 1. The van der Waals surface area contributed by atoms with Crippen molar-refractivity contribution in [3.8, 4) is 0 Å². The summed E-state index contributed by atoms with van der Waals surface area (Å²) in [4.78, 5) is 11.5. The first-order valence-corrected chi connectivity index (χ1v) is 7.99. The molecule has 0 bridgehead atoms. The Kier molecular flexibility index (Phi) is 4.68. The molecule has 0 unspecified atom stereocenters. The second-order valence-corrected chi connectivity index (χ2v) is 6.75. The Labute approximate surface area is 129 Å². The Morgan fingerprint density at radius 3 is 2.50 bits per heavy atom. The Morgan fingerprint density at radius 1 is 1.27 bits per heavy atom. The maximum atomic E-state index is 12.5. The van der Waals surface area contributed by atoms with Crippen LogP contribution in [0.4, 0.5) is 0 Å². The van der Waals surface area contributed by atoms with Crippen LogP contribution in [-0.2, 0) is 21.3 Å². The van der Waals surface area contributed by atoms with E-state index in [0.717, 1.165) is 5.56 Å². The Hall–Kier alpha value is -2.12. The minimum absolute atomic E-state index is 0.106. The zero-order chi connectivity index (χ0) is 16.3. The van der Waals surface area contributed by atoms with Crippen LogP contribution in [0.5, 0.6) is 0 Å². The number of nitrogens with zero attached hydrogens (tertiary/aromatic N) is 1. The van der Waals surface area contributed by atoms with Crippen molar-refractivity contribution in [2.24, 2.45) is 0 Å². The molecule has 1 aromatic heterocycles. The van der Waals surface area contributed by atoms with E-state index in [1.165, 1.54) is 31.5 Å². The highest BCUT2D eigenvalue weighted by Crippen LogP contribution is 2.23. The van der Waals surface area contributed by atoms with Gasteiger partial charge in [-0.25, -0.2) is 13.2 Å². The molecule has 0 radical (unpaired) electrons. The summed E-state index contributed by atoms with van der Waals surface area (Å²) in [6.45, 7) is 1.72. The van der Waals surface area contributed by atoms with Crippen molar-refractivity contribution >= 4 is 16.0 Å². The molecule has 2 rings (SSSR count). The van der Waals surface area contributed by atoms with E-state index in [-0.39, 0.29) is 23.0 Å². The van der Waals surface area contributed by atoms with Crippen LogP contribution in [0.1, 0.15) is 21.7 Å². The minimum Gasteiger partial charge on any atom is -0.465 e. The summed E-state index contributed by atoms with van der Waals surface area (Å²) in [5, 5.41) is -0.274. The summed E-state index contributed by atoms with van der Waals surface area (Å²) < 4.78 is 36.0. The van der Waals surface area contributed by atoms with Gasteiger partial charge < -0.3 is 9.15 Å². The average Bonchev–Trinajstić information content (AvgIpc) is 2.90. The van der Waals surface area contributed by atoms with Gasteiger partial charge in [-0.1, -0.05) is 30.3 Å². The largest absolute Gasteiger partial charge is 0.465 e. The van der Waals surface area contributed by atoms with Gasteiger partial charge in [0.05, 0.1) is 7.11 Å². The van der Waals surface area contributed by atoms with E-state index in [9.17, 15) is 13.2 Å². The zero-order valence-electron chi connectivity index (χ0n) is 12.6. The quantitative estimate of drug-likeness (QED) is 0.788. The van der Waals surface area contributed by atoms with Gasteiger partial charge in [-0.3, -0.25) is 0 Å². The molecule has 0 spiro atoms. The Bertz CT molecular complexity index is 764. The predicted molar refractivity (Wildman–Crippen MR) is 79.9 cm³/mol. The van der Waals surface area contributed by atoms with E-state index in [0.29, 0.717) is 0 Å². The highest BCUT2D eigenvalue weighted by molar-refractivity contribution is 7.88.